The molecule has 1 fully saturated rings. The third kappa shape index (κ3) is 8.26. The van der Waals surface area contributed by atoms with Crippen molar-refractivity contribution >= 4 is 29.5 Å². The number of aliphatic hydroxyl groups is 1. The van der Waals surface area contributed by atoms with Gasteiger partial charge in [0.1, 0.15) is 17.1 Å². The van der Waals surface area contributed by atoms with Crippen LogP contribution in [0.4, 0.5) is 20.5 Å². The Morgan fingerprint density at radius 3 is 2.64 bits per heavy atom. The minimum atomic E-state index is -1.31. The van der Waals surface area contributed by atoms with Crippen molar-refractivity contribution in [2.75, 3.05) is 56.7 Å². The Bertz CT molecular complexity index is 977. The number of hydrogen-bond donors (Lipinski definition) is 4. The van der Waals surface area contributed by atoms with E-state index < -0.39 is 23.0 Å². The zero-order valence-corrected chi connectivity index (χ0v) is 21.8. The van der Waals surface area contributed by atoms with Gasteiger partial charge in [0.15, 0.2) is 11.6 Å². The second-order valence-electron chi connectivity index (χ2n) is 7.77. The van der Waals surface area contributed by atoms with Crippen molar-refractivity contribution < 1.29 is 23.4 Å². The van der Waals surface area contributed by atoms with Gasteiger partial charge < -0.3 is 26.2 Å². The molecule has 1 aromatic heterocycles. The zero-order valence-electron chi connectivity index (χ0n) is 21.0. The lowest BCUT2D eigenvalue weighted by atomic mass is 10.0. The van der Waals surface area contributed by atoms with Gasteiger partial charge in [0, 0.05) is 37.6 Å². The van der Waals surface area contributed by atoms with E-state index in [4.69, 9.17) is 15.6 Å². The number of rotatable bonds is 12. The van der Waals surface area contributed by atoms with Gasteiger partial charge in [-0.1, -0.05) is 25.8 Å². The average Bonchev–Trinajstić information content (AvgIpc) is 2.89. The third-order valence-electron chi connectivity index (χ3n) is 5.41. The van der Waals surface area contributed by atoms with E-state index >= 15 is 0 Å². The first-order valence-electron chi connectivity index (χ1n) is 12.1. The van der Waals surface area contributed by atoms with Crippen LogP contribution in [0.3, 0.4) is 0 Å². The Kier molecular flexibility index (Phi) is 12.8. The lowest BCUT2D eigenvalue weighted by Gasteiger charge is -2.31. The summed E-state index contributed by atoms with van der Waals surface area (Å²) in [5.41, 5.74) is 5.29. The van der Waals surface area contributed by atoms with Crippen molar-refractivity contribution in [2.45, 2.75) is 39.2 Å². The smallest absolute Gasteiger partial charge is 0.224 e. The number of ketones is 1. The Morgan fingerprint density at radius 1 is 1.28 bits per heavy atom. The number of nitrogens with two attached hydrogens (primary N) is 1. The molecule has 0 atom stereocenters. The highest BCUT2D eigenvalue weighted by Crippen LogP contribution is 2.28. The number of methoxy groups -OCH3 is 1. The maximum absolute atomic E-state index is 14.3. The van der Waals surface area contributed by atoms with Crippen molar-refractivity contribution in [1.82, 2.24) is 19.6 Å². The quantitative estimate of drug-likeness (QED) is 0.186. The molecule has 0 aliphatic carbocycles. The van der Waals surface area contributed by atoms with Crippen LogP contribution in [0.1, 0.15) is 49.0 Å². The number of nitrogen functional groups attached to an aromatic ring is 1. The van der Waals surface area contributed by atoms with Gasteiger partial charge in [-0.2, -0.15) is 4.98 Å². The molecule has 1 aliphatic heterocycles. The summed E-state index contributed by atoms with van der Waals surface area (Å²) in [4.78, 5) is 21.2. The molecule has 0 saturated carbocycles. The molecule has 36 heavy (non-hydrogen) atoms. The molecule has 9 nitrogen and oxygen atoms in total. The van der Waals surface area contributed by atoms with E-state index in [-0.39, 0.29) is 35.7 Å². The number of aromatic nitrogens is 2. The van der Waals surface area contributed by atoms with Crippen LogP contribution < -0.4 is 21.1 Å². The second kappa shape index (κ2) is 15.5. The third-order valence-corrected chi connectivity index (χ3v) is 6.62. The van der Waals surface area contributed by atoms with Gasteiger partial charge in [-0.3, -0.25) is 9.10 Å². The largest absolute Gasteiger partial charge is 0.496 e. The minimum absolute atomic E-state index is 0.100. The molecule has 3 rings (SSSR count). The van der Waals surface area contributed by atoms with Crippen LogP contribution in [-0.4, -0.2) is 76.9 Å². The van der Waals surface area contributed by atoms with Gasteiger partial charge >= 0.3 is 0 Å². The molecule has 1 saturated heterocycles. The Balaban J connectivity index is 0.00000222. The van der Waals surface area contributed by atoms with Crippen LogP contribution in [0.2, 0.25) is 0 Å². The molecule has 200 valence electrons. The van der Waals surface area contributed by atoms with Gasteiger partial charge in [0.05, 0.1) is 19.3 Å². The van der Waals surface area contributed by atoms with Crippen molar-refractivity contribution in [3.8, 4) is 5.75 Å². The fourth-order valence-electron chi connectivity index (χ4n) is 3.60. The fourth-order valence-corrected chi connectivity index (χ4v) is 4.60. The number of aliphatic hydroxyl groups excluding tert-OH is 1. The Morgan fingerprint density at radius 2 is 2.00 bits per heavy atom. The van der Waals surface area contributed by atoms with Crippen molar-refractivity contribution in [3.05, 3.63) is 41.1 Å². The van der Waals surface area contributed by atoms with Crippen molar-refractivity contribution in [3.63, 3.8) is 0 Å². The number of piperidine rings is 1. The summed E-state index contributed by atoms with van der Waals surface area (Å²) in [6, 6.07) is 2.22. The number of nitrogens with one attached hydrogen (secondary N) is 2. The number of carbonyl (C=O) groups excluding carboxylic acids is 1. The highest BCUT2D eigenvalue weighted by atomic mass is 32.2. The molecule has 5 N–H and O–H groups in total. The number of halogens is 2. The van der Waals surface area contributed by atoms with E-state index in [2.05, 4.69) is 24.9 Å². The maximum Gasteiger partial charge on any atom is 0.224 e. The summed E-state index contributed by atoms with van der Waals surface area (Å²) in [7, 11) is 1.26. The number of hydrogen-bond acceptors (Lipinski definition) is 10. The fraction of sp³-hybridized carbons (Fsp3) is 0.542. The molecule has 1 aliphatic rings. The summed E-state index contributed by atoms with van der Waals surface area (Å²) >= 11 is 1.82. The van der Waals surface area contributed by atoms with Crippen LogP contribution in [0.25, 0.3) is 0 Å². The molecule has 0 radical (unpaired) electrons. The van der Waals surface area contributed by atoms with Gasteiger partial charge in [-0.25, -0.2) is 13.8 Å². The van der Waals surface area contributed by atoms with Crippen molar-refractivity contribution in [2.24, 2.45) is 0 Å². The maximum atomic E-state index is 14.3. The summed E-state index contributed by atoms with van der Waals surface area (Å²) in [5, 5.41) is 15.2. The van der Waals surface area contributed by atoms with E-state index in [1.54, 1.807) is 0 Å². The highest BCUT2D eigenvalue weighted by Gasteiger charge is 2.26. The Labute approximate surface area is 215 Å². The number of nitrogens with zero attached hydrogens (tertiary/aromatic N) is 3. The van der Waals surface area contributed by atoms with E-state index in [9.17, 15) is 13.6 Å². The number of benzene rings is 1. The van der Waals surface area contributed by atoms with Gasteiger partial charge in [0.25, 0.3) is 0 Å². The molecular weight excluding hydrogens is 490 g/mol. The molecule has 2 heterocycles. The molecule has 0 unspecified atom stereocenters. The first kappa shape index (κ1) is 29.7. The molecule has 2 aromatic rings. The standard InChI is InChI=1S/C22H30F2N6O3S.C2H6/c1-33-17-4-3-16(23)19(24)18(17)20(32)15-13-27-22(29-21(15)25)28-14-5-9-30(10-6-14)34-12-2-7-26-8-11-31;1-2/h3-4,13-14,26,31H,2,5-12H2,1H3,(H3,25,27,28,29);1-2H3. The van der Waals surface area contributed by atoms with Gasteiger partial charge in [-0.05, 0) is 37.9 Å². The first-order valence-corrected chi connectivity index (χ1v) is 13.0. The van der Waals surface area contributed by atoms with E-state index in [0.29, 0.717) is 6.54 Å². The summed E-state index contributed by atoms with van der Waals surface area (Å²) in [6.07, 6.45) is 4.04. The number of carbonyl (C=O) groups is 1. The van der Waals surface area contributed by atoms with Crippen LogP contribution in [0.15, 0.2) is 18.3 Å². The topological polar surface area (TPSA) is 126 Å². The lowest BCUT2D eigenvalue weighted by molar-refractivity contribution is 0.103. The van der Waals surface area contributed by atoms with Crippen LogP contribution in [0, 0.1) is 11.6 Å². The predicted octanol–water partition coefficient (Wildman–Crippen LogP) is 3.10. The SMILES string of the molecule is CC.COc1ccc(F)c(F)c1C(=O)c1cnc(NC2CCN(SCCCNCCO)CC2)nc1N. The average molecular weight is 527 g/mol. The van der Waals surface area contributed by atoms with Crippen LogP contribution in [0.5, 0.6) is 5.75 Å². The molecule has 1 aromatic carbocycles. The predicted molar refractivity (Wildman–Crippen MR) is 139 cm³/mol. The van der Waals surface area contributed by atoms with E-state index in [1.165, 1.54) is 19.4 Å². The zero-order chi connectivity index (χ0) is 26.5. The molecule has 0 bridgehead atoms. The van der Waals surface area contributed by atoms with Crippen molar-refractivity contribution in [1.29, 1.82) is 0 Å². The van der Waals surface area contributed by atoms with E-state index in [0.717, 1.165) is 50.7 Å². The normalized spacial score (nSPS) is 14.2. The summed E-state index contributed by atoms with van der Waals surface area (Å²) in [6.45, 7) is 7.50. The molecular formula is C24H36F2N6O3S. The van der Waals surface area contributed by atoms with E-state index in [1.807, 2.05) is 25.8 Å². The molecule has 0 spiro atoms. The van der Waals surface area contributed by atoms with Gasteiger partial charge in [-0.15, -0.1) is 0 Å². The number of ether oxygens (including phenoxy) is 1. The van der Waals surface area contributed by atoms with Crippen LogP contribution in [-0.2, 0) is 0 Å². The highest BCUT2D eigenvalue weighted by molar-refractivity contribution is 7.97. The molecule has 0 amide bonds. The van der Waals surface area contributed by atoms with Crippen LogP contribution >= 0.6 is 11.9 Å². The monoisotopic (exact) mass is 526 g/mol. The minimum Gasteiger partial charge on any atom is -0.496 e. The van der Waals surface area contributed by atoms with Gasteiger partial charge in [0.2, 0.25) is 11.7 Å². The lowest BCUT2D eigenvalue weighted by Crippen LogP contribution is -2.36. The summed E-state index contributed by atoms with van der Waals surface area (Å²) < 4.78 is 35.3. The summed E-state index contributed by atoms with van der Waals surface area (Å²) in [5.74, 6) is -2.26. The Hall–Kier alpha value is -2.54. The first-order chi connectivity index (χ1) is 17.4. The number of anilines is 2. The molecule has 12 heteroatoms. The second-order valence-corrected chi connectivity index (χ2v) is 8.95.